The van der Waals surface area contributed by atoms with E-state index in [-0.39, 0.29) is 12.5 Å². The molecule has 0 bridgehead atoms. The zero-order chi connectivity index (χ0) is 25.9. The number of imidazole rings is 1. The summed E-state index contributed by atoms with van der Waals surface area (Å²) in [5, 5.41) is 6.51. The Bertz CT molecular complexity index is 1440. The van der Waals surface area contributed by atoms with Crippen LogP contribution in [0.3, 0.4) is 0 Å². The zero-order valence-corrected chi connectivity index (χ0v) is 21.2. The van der Waals surface area contributed by atoms with Gasteiger partial charge in [-0.3, -0.25) is 14.2 Å². The van der Waals surface area contributed by atoms with Crippen molar-refractivity contribution < 1.29 is 4.79 Å². The minimum absolute atomic E-state index is 0.0192. The van der Waals surface area contributed by atoms with Gasteiger partial charge in [0, 0.05) is 62.9 Å². The van der Waals surface area contributed by atoms with Crippen molar-refractivity contribution in [2.45, 2.75) is 12.8 Å². The van der Waals surface area contributed by atoms with E-state index < -0.39 is 0 Å². The summed E-state index contributed by atoms with van der Waals surface area (Å²) in [7, 11) is 0. The predicted octanol–water partition coefficient (Wildman–Crippen LogP) is 4.16. The lowest BCUT2D eigenvalue weighted by molar-refractivity contribution is -0.129. The standard InChI is InChI=1S/C28H30N8O2/c37-26(35-17-15-34(16-18-35)24-6-2-1-5-23(24)32-38)20-30-28-27(31-25-19-29-11-14-36(25)28)21-7-9-22(10-8-21)33-12-3-4-13-33/h1-2,5-11,14,19,30H,3-4,12-13,15-18,20H2. The number of amides is 1. The van der Waals surface area contributed by atoms with E-state index in [9.17, 15) is 9.70 Å². The Labute approximate surface area is 220 Å². The lowest BCUT2D eigenvalue weighted by atomic mass is 10.1. The first-order valence-corrected chi connectivity index (χ1v) is 13.1. The van der Waals surface area contributed by atoms with Crippen molar-refractivity contribution in [3.63, 3.8) is 0 Å². The molecule has 0 radical (unpaired) electrons. The lowest BCUT2D eigenvalue weighted by Gasteiger charge is -2.36. The third-order valence-corrected chi connectivity index (χ3v) is 7.40. The fourth-order valence-corrected chi connectivity index (χ4v) is 5.36. The molecular weight excluding hydrogens is 480 g/mol. The SMILES string of the molecule is O=Nc1ccccc1N1CCN(C(=O)CNc2c(-c3ccc(N4CCCC4)cc3)nc3cnccn23)CC1. The Hall–Kier alpha value is -4.47. The van der Waals surface area contributed by atoms with Gasteiger partial charge in [0.2, 0.25) is 5.91 Å². The maximum absolute atomic E-state index is 13.2. The van der Waals surface area contributed by atoms with E-state index in [1.165, 1.54) is 18.5 Å². The molecular formula is C28H30N8O2. The maximum Gasteiger partial charge on any atom is 0.242 e. The number of carbonyl (C=O) groups excluding carboxylic acids is 1. The largest absolute Gasteiger partial charge is 0.372 e. The molecule has 0 aliphatic carbocycles. The smallest absolute Gasteiger partial charge is 0.242 e. The molecule has 10 heteroatoms. The third-order valence-electron chi connectivity index (χ3n) is 7.40. The van der Waals surface area contributed by atoms with Crippen LogP contribution in [0.2, 0.25) is 0 Å². The van der Waals surface area contributed by atoms with Crippen LogP contribution in [-0.2, 0) is 4.79 Å². The van der Waals surface area contributed by atoms with Crippen LogP contribution in [0.25, 0.3) is 16.9 Å². The average Bonchev–Trinajstić information content (AvgIpc) is 3.65. The van der Waals surface area contributed by atoms with Gasteiger partial charge in [0.1, 0.15) is 17.2 Å². The number of hydrogen-bond acceptors (Lipinski definition) is 8. The van der Waals surface area contributed by atoms with Crippen LogP contribution < -0.4 is 15.1 Å². The summed E-state index contributed by atoms with van der Waals surface area (Å²) in [6.45, 7) is 4.81. The number of carbonyl (C=O) groups is 1. The number of hydrogen-bond donors (Lipinski definition) is 1. The third kappa shape index (κ3) is 4.65. The van der Waals surface area contributed by atoms with Crippen molar-refractivity contribution in [1.29, 1.82) is 0 Å². The number of nitroso groups, excluding NO2 is 1. The molecule has 0 spiro atoms. The molecule has 10 nitrogen and oxygen atoms in total. The second-order valence-corrected chi connectivity index (χ2v) is 9.66. The Kier molecular flexibility index (Phi) is 6.60. The molecule has 2 saturated heterocycles. The average molecular weight is 511 g/mol. The number of piperazine rings is 1. The zero-order valence-electron chi connectivity index (χ0n) is 21.2. The normalized spacial score (nSPS) is 15.7. The molecule has 2 aromatic heterocycles. The number of anilines is 3. The molecule has 2 aromatic carbocycles. The van der Waals surface area contributed by atoms with Crippen molar-refractivity contribution >= 4 is 34.4 Å². The number of para-hydroxylation sites is 1. The van der Waals surface area contributed by atoms with Gasteiger partial charge in [-0.2, -0.15) is 0 Å². The molecule has 2 fully saturated rings. The fraction of sp³-hybridized carbons (Fsp3) is 0.321. The molecule has 194 valence electrons. The summed E-state index contributed by atoms with van der Waals surface area (Å²) in [6, 6.07) is 15.8. The molecule has 4 aromatic rings. The molecule has 1 amide bonds. The van der Waals surface area contributed by atoms with Crippen molar-refractivity contribution in [3.05, 3.63) is 72.0 Å². The monoisotopic (exact) mass is 510 g/mol. The van der Waals surface area contributed by atoms with Crippen LogP contribution in [0.15, 0.2) is 72.3 Å². The van der Waals surface area contributed by atoms with Gasteiger partial charge in [0.15, 0.2) is 5.65 Å². The van der Waals surface area contributed by atoms with Gasteiger partial charge in [0.05, 0.1) is 18.4 Å². The maximum atomic E-state index is 13.2. The first-order valence-electron chi connectivity index (χ1n) is 13.1. The number of nitrogens with one attached hydrogen (secondary N) is 1. The number of fused-ring (bicyclic) bond motifs is 1. The van der Waals surface area contributed by atoms with Crippen molar-refractivity contribution in [1.82, 2.24) is 19.3 Å². The molecule has 2 aliphatic rings. The molecule has 0 atom stereocenters. The van der Waals surface area contributed by atoms with E-state index in [2.05, 4.69) is 49.5 Å². The second-order valence-electron chi connectivity index (χ2n) is 9.66. The Balaban J connectivity index is 1.15. The van der Waals surface area contributed by atoms with Gasteiger partial charge < -0.3 is 20.0 Å². The van der Waals surface area contributed by atoms with Crippen LogP contribution in [0.1, 0.15) is 12.8 Å². The van der Waals surface area contributed by atoms with E-state index in [1.54, 1.807) is 24.5 Å². The molecule has 38 heavy (non-hydrogen) atoms. The minimum Gasteiger partial charge on any atom is -0.372 e. The summed E-state index contributed by atoms with van der Waals surface area (Å²) < 4.78 is 1.94. The van der Waals surface area contributed by atoms with Crippen LogP contribution in [0.4, 0.5) is 22.9 Å². The van der Waals surface area contributed by atoms with Gasteiger partial charge >= 0.3 is 0 Å². The van der Waals surface area contributed by atoms with E-state index in [0.717, 1.165) is 41.5 Å². The van der Waals surface area contributed by atoms with Crippen LogP contribution in [0, 0.1) is 4.91 Å². The summed E-state index contributed by atoms with van der Waals surface area (Å²) in [5.74, 6) is 0.792. The molecule has 0 unspecified atom stereocenters. The van der Waals surface area contributed by atoms with E-state index in [1.807, 2.05) is 27.6 Å². The Morgan fingerprint density at radius 3 is 2.45 bits per heavy atom. The number of rotatable bonds is 7. The lowest BCUT2D eigenvalue weighted by Crippen LogP contribution is -2.50. The van der Waals surface area contributed by atoms with E-state index in [4.69, 9.17) is 4.98 Å². The van der Waals surface area contributed by atoms with Crippen LogP contribution in [-0.4, -0.2) is 71.0 Å². The molecule has 1 N–H and O–H groups in total. The van der Waals surface area contributed by atoms with Crippen LogP contribution in [0.5, 0.6) is 0 Å². The van der Waals surface area contributed by atoms with E-state index in [0.29, 0.717) is 31.9 Å². The van der Waals surface area contributed by atoms with Crippen LogP contribution >= 0.6 is 0 Å². The quantitative estimate of drug-likeness (QED) is 0.373. The van der Waals surface area contributed by atoms with Crippen molar-refractivity contribution in [2.24, 2.45) is 5.18 Å². The topological polar surface area (TPSA) is 98.4 Å². The summed E-state index contributed by atoms with van der Waals surface area (Å²) >= 11 is 0. The van der Waals surface area contributed by atoms with E-state index >= 15 is 0 Å². The number of aromatic nitrogens is 3. The van der Waals surface area contributed by atoms with Crippen molar-refractivity contribution in [2.75, 3.05) is 60.9 Å². The summed E-state index contributed by atoms with van der Waals surface area (Å²) in [5.41, 5.74) is 4.97. The van der Waals surface area contributed by atoms with Gasteiger partial charge in [0.25, 0.3) is 0 Å². The number of benzene rings is 2. The second kappa shape index (κ2) is 10.5. The first-order chi connectivity index (χ1) is 18.7. The molecule has 4 heterocycles. The molecule has 6 rings (SSSR count). The predicted molar refractivity (Wildman–Crippen MR) is 149 cm³/mol. The highest BCUT2D eigenvalue weighted by Gasteiger charge is 2.24. The van der Waals surface area contributed by atoms with Gasteiger partial charge in [-0.25, -0.2) is 4.98 Å². The van der Waals surface area contributed by atoms with Gasteiger partial charge in [-0.05, 0) is 42.3 Å². The Morgan fingerprint density at radius 2 is 1.68 bits per heavy atom. The molecule has 2 aliphatic heterocycles. The highest BCUT2D eigenvalue weighted by Crippen LogP contribution is 2.31. The Morgan fingerprint density at radius 1 is 0.921 bits per heavy atom. The highest BCUT2D eigenvalue weighted by atomic mass is 16.3. The summed E-state index contributed by atoms with van der Waals surface area (Å²) in [4.78, 5) is 39.7. The fourth-order valence-electron chi connectivity index (χ4n) is 5.36. The molecule has 0 saturated carbocycles. The highest BCUT2D eigenvalue weighted by molar-refractivity contribution is 5.84. The first kappa shape index (κ1) is 23.9. The van der Waals surface area contributed by atoms with Gasteiger partial charge in [-0.1, -0.05) is 24.3 Å². The summed E-state index contributed by atoms with van der Waals surface area (Å²) in [6.07, 6.45) is 7.77. The number of nitrogens with zero attached hydrogens (tertiary/aromatic N) is 7. The minimum atomic E-state index is 0.0192. The van der Waals surface area contributed by atoms with Crippen molar-refractivity contribution in [3.8, 4) is 11.3 Å². The van der Waals surface area contributed by atoms with Gasteiger partial charge in [-0.15, -0.1) is 4.91 Å².